The molecule has 5 rings (SSSR count). The molecule has 2 aromatic carbocycles. The molecule has 2 aromatic rings. The normalized spacial score (nSPS) is 22.8. The number of hydrogen-bond acceptors (Lipinski definition) is 4. The number of benzene rings is 2. The van der Waals surface area contributed by atoms with E-state index in [-0.39, 0.29) is 23.7 Å². The van der Waals surface area contributed by atoms with Gasteiger partial charge in [-0.05, 0) is 98.6 Å². The number of halogens is 2. The highest BCUT2D eigenvalue weighted by Gasteiger charge is 2.55. The molecule has 3 amide bonds. The third-order valence-corrected chi connectivity index (χ3v) is 7.73. The summed E-state index contributed by atoms with van der Waals surface area (Å²) in [5, 5.41) is 12.9. The fraction of sp³-hybridized carbons (Fsp3) is 0.423. The van der Waals surface area contributed by atoms with Crippen molar-refractivity contribution in [2.24, 2.45) is 0 Å². The highest BCUT2D eigenvalue weighted by Crippen LogP contribution is 2.42. The van der Waals surface area contributed by atoms with Crippen LogP contribution in [-0.2, 0) is 16.8 Å². The minimum atomic E-state index is -0.955. The van der Waals surface area contributed by atoms with Crippen LogP contribution in [0.5, 0.6) is 0 Å². The number of fused-ring (bicyclic) bond motifs is 2. The molecule has 0 radical (unpaired) electrons. The van der Waals surface area contributed by atoms with Gasteiger partial charge < -0.3 is 10.2 Å². The van der Waals surface area contributed by atoms with Gasteiger partial charge in [0.1, 0.15) is 11.4 Å². The molecule has 1 spiro atoms. The zero-order valence-corrected chi connectivity index (χ0v) is 19.6. The molecule has 1 N–H and O–H groups in total. The Morgan fingerprint density at radius 3 is 2.71 bits per heavy atom. The number of carbonyl (C=O) groups excluding carboxylic acids is 2. The van der Waals surface area contributed by atoms with E-state index in [1.807, 2.05) is 12.1 Å². The van der Waals surface area contributed by atoms with E-state index in [1.54, 1.807) is 12.1 Å². The third-order valence-electron chi connectivity index (χ3n) is 7.49. The van der Waals surface area contributed by atoms with Gasteiger partial charge >= 0.3 is 6.03 Å². The summed E-state index contributed by atoms with van der Waals surface area (Å²) in [7, 11) is 0. The Bertz CT molecular complexity index is 1190. The van der Waals surface area contributed by atoms with Crippen molar-refractivity contribution in [3.8, 4) is 6.07 Å². The fourth-order valence-corrected chi connectivity index (χ4v) is 5.92. The predicted molar refractivity (Wildman–Crippen MR) is 126 cm³/mol. The molecule has 2 aliphatic heterocycles. The summed E-state index contributed by atoms with van der Waals surface area (Å²) in [4.78, 5) is 29.7. The predicted octanol–water partition coefficient (Wildman–Crippen LogP) is 4.31. The summed E-state index contributed by atoms with van der Waals surface area (Å²) in [6.07, 6.45) is 3.77. The summed E-state index contributed by atoms with van der Waals surface area (Å²) in [6.45, 7) is 2.90. The number of amides is 3. The van der Waals surface area contributed by atoms with Crippen LogP contribution in [0.1, 0.15) is 53.9 Å². The lowest BCUT2D eigenvalue weighted by Crippen LogP contribution is -2.42. The van der Waals surface area contributed by atoms with Gasteiger partial charge in [0.25, 0.3) is 5.91 Å². The summed E-state index contributed by atoms with van der Waals surface area (Å²) < 4.78 is 13.5. The maximum absolute atomic E-state index is 13.5. The van der Waals surface area contributed by atoms with Gasteiger partial charge in [0.15, 0.2) is 0 Å². The Morgan fingerprint density at radius 1 is 1.15 bits per heavy atom. The molecule has 8 heteroatoms. The minimum Gasteiger partial charge on any atom is -0.319 e. The molecule has 2 saturated heterocycles. The maximum atomic E-state index is 13.5. The molecular formula is C26H26ClFN4O2. The molecule has 2 heterocycles. The molecule has 1 unspecified atom stereocenters. The number of urea groups is 1. The van der Waals surface area contributed by atoms with Gasteiger partial charge in [-0.1, -0.05) is 23.7 Å². The van der Waals surface area contributed by atoms with E-state index in [0.29, 0.717) is 36.4 Å². The highest BCUT2D eigenvalue weighted by atomic mass is 35.5. The second-order valence-electron chi connectivity index (χ2n) is 9.41. The zero-order chi connectivity index (χ0) is 23.9. The van der Waals surface area contributed by atoms with Crippen LogP contribution in [0.25, 0.3) is 0 Å². The van der Waals surface area contributed by atoms with E-state index in [0.717, 1.165) is 49.2 Å². The summed E-state index contributed by atoms with van der Waals surface area (Å²) in [5.74, 6) is -0.309. The number of imide groups is 1. The Balaban J connectivity index is 1.15. The van der Waals surface area contributed by atoms with Gasteiger partial charge in [-0.25, -0.2) is 9.18 Å². The van der Waals surface area contributed by atoms with Gasteiger partial charge in [-0.3, -0.25) is 9.69 Å². The molecule has 1 aliphatic carbocycles. The first-order valence-corrected chi connectivity index (χ1v) is 12.1. The van der Waals surface area contributed by atoms with E-state index >= 15 is 0 Å². The quantitative estimate of drug-likeness (QED) is 0.647. The molecule has 0 bridgehead atoms. The van der Waals surface area contributed by atoms with Gasteiger partial charge in [0.05, 0.1) is 11.6 Å². The van der Waals surface area contributed by atoms with Gasteiger partial charge in [-0.2, -0.15) is 5.26 Å². The number of likely N-dealkylation sites (tertiary alicyclic amines) is 1. The molecular weight excluding hydrogens is 455 g/mol. The first kappa shape index (κ1) is 22.8. The molecule has 176 valence electrons. The van der Waals surface area contributed by atoms with Crippen LogP contribution in [0.15, 0.2) is 36.4 Å². The summed E-state index contributed by atoms with van der Waals surface area (Å²) in [5.41, 5.74) is 2.26. The lowest BCUT2D eigenvalue weighted by Gasteiger charge is -2.32. The molecule has 1 atom stereocenters. The van der Waals surface area contributed by atoms with Crippen LogP contribution < -0.4 is 5.32 Å². The Hall–Kier alpha value is -2.95. The fourth-order valence-electron chi connectivity index (χ4n) is 5.72. The lowest BCUT2D eigenvalue weighted by molar-refractivity contribution is -0.131. The first-order chi connectivity index (χ1) is 16.4. The van der Waals surface area contributed by atoms with Crippen LogP contribution >= 0.6 is 11.6 Å². The van der Waals surface area contributed by atoms with E-state index in [1.165, 1.54) is 17.0 Å². The van der Waals surface area contributed by atoms with Gasteiger partial charge in [0, 0.05) is 11.6 Å². The molecule has 6 nitrogen and oxygen atoms in total. The van der Waals surface area contributed by atoms with E-state index in [4.69, 9.17) is 11.6 Å². The van der Waals surface area contributed by atoms with Crippen LogP contribution in [-0.4, -0.2) is 47.9 Å². The summed E-state index contributed by atoms with van der Waals surface area (Å²) in [6, 6.07) is 11.8. The van der Waals surface area contributed by atoms with E-state index < -0.39 is 5.54 Å². The molecule has 3 aliphatic rings. The van der Waals surface area contributed by atoms with Crippen molar-refractivity contribution in [3.05, 3.63) is 69.5 Å². The van der Waals surface area contributed by atoms with E-state index in [2.05, 4.69) is 16.3 Å². The van der Waals surface area contributed by atoms with Gasteiger partial charge in [-0.15, -0.1) is 0 Å². The standard InChI is InChI=1S/C26H26ClFN4O2/c27-20-2-5-23-18(14-20)6-9-26(23)24(33)32(25(34)30-26)11-1-10-31-12-7-17(8-13-31)22-4-3-21(28)15-19(22)16-29/h2-5,14-15,17H,1,6-13H2,(H,30,34). The topological polar surface area (TPSA) is 76.4 Å². The molecule has 0 saturated carbocycles. The highest BCUT2D eigenvalue weighted by molar-refractivity contribution is 6.30. The number of nitriles is 1. The van der Waals surface area contributed by atoms with Crippen LogP contribution in [0.2, 0.25) is 5.02 Å². The van der Waals surface area contributed by atoms with Gasteiger partial charge in [0.2, 0.25) is 0 Å². The maximum Gasteiger partial charge on any atom is 0.325 e. The monoisotopic (exact) mass is 480 g/mol. The molecule has 0 aromatic heterocycles. The van der Waals surface area contributed by atoms with Crippen LogP contribution in [0.3, 0.4) is 0 Å². The largest absolute Gasteiger partial charge is 0.325 e. The number of rotatable bonds is 5. The zero-order valence-electron chi connectivity index (χ0n) is 18.8. The van der Waals surface area contributed by atoms with Crippen molar-refractivity contribution in [1.82, 2.24) is 15.1 Å². The smallest absolute Gasteiger partial charge is 0.319 e. The average molecular weight is 481 g/mol. The SMILES string of the molecule is N#Cc1cc(F)ccc1C1CCN(CCCN2C(=O)NC3(CCc4cc(Cl)ccc43)C2=O)CC1. The number of hydrogen-bond donors (Lipinski definition) is 1. The van der Waals surface area contributed by atoms with Crippen molar-refractivity contribution in [2.45, 2.75) is 43.6 Å². The van der Waals surface area contributed by atoms with Crippen molar-refractivity contribution in [3.63, 3.8) is 0 Å². The first-order valence-electron chi connectivity index (χ1n) is 11.8. The molecule has 34 heavy (non-hydrogen) atoms. The average Bonchev–Trinajstić information content (AvgIpc) is 3.31. The van der Waals surface area contributed by atoms with Crippen molar-refractivity contribution in [1.29, 1.82) is 5.26 Å². The Morgan fingerprint density at radius 2 is 1.94 bits per heavy atom. The minimum absolute atomic E-state index is 0.169. The van der Waals surface area contributed by atoms with E-state index in [9.17, 15) is 19.2 Å². The summed E-state index contributed by atoms with van der Waals surface area (Å²) >= 11 is 6.10. The van der Waals surface area contributed by atoms with Crippen molar-refractivity contribution >= 4 is 23.5 Å². The number of nitrogens with one attached hydrogen (secondary N) is 1. The number of aryl methyl sites for hydroxylation is 1. The number of piperidine rings is 1. The van der Waals surface area contributed by atoms with Crippen molar-refractivity contribution in [2.75, 3.05) is 26.2 Å². The molecule has 2 fully saturated rings. The number of carbonyl (C=O) groups is 2. The second-order valence-corrected chi connectivity index (χ2v) is 9.84. The van der Waals surface area contributed by atoms with Crippen LogP contribution in [0.4, 0.5) is 9.18 Å². The second kappa shape index (κ2) is 9.01. The lowest BCUT2D eigenvalue weighted by atomic mass is 9.86. The third kappa shape index (κ3) is 3.95. The van der Waals surface area contributed by atoms with Crippen LogP contribution in [0, 0.1) is 17.1 Å². The Kier molecular flexibility index (Phi) is 6.05. The Labute approximate surface area is 203 Å². The number of nitrogens with zero attached hydrogens (tertiary/aromatic N) is 3. The van der Waals surface area contributed by atoms with Crippen molar-refractivity contribution < 1.29 is 14.0 Å².